The quantitative estimate of drug-likeness (QED) is 0.641. The summed E-state index contributed by atoms with van der Waals surface area (Å²) in [5, 5.41) is 3.14. The van der Waals surface area contributed by atoms with E-state index in [-0.39, 0.29) is 11.7 Å². The number of ether oxygens (including phenoxy) is 2. The predicted octanol–water partition coefficient (Wildman–Crippen LogP) is 4.44. The summed E-state index contributed by atoms with van der Waals surface area (Å²) in [7, 11) is 1.58. The van der Waals surface area contributed by atoms with Gasteiger partial charge in [0.2, 0.25) is 0 Å². The van der Waals surface area contributed by atoms with E-state index in [1.807, 2.05) is 24.3 Å². The molecular formula is C27H35FN2O3. The van der Waals surface area contributed by atoms with Gasteiger partial charge in [-0.2, -0.15) is 0 Å². The summed E-state index contributed by atoms with van der Waals surface area (Å²) in [6.45, 7) is 6.68. The van der Waals surface area contributed by atoms with Gasteiger partial charge in [0.05, 0.1) is 7.11 Å². The maximum atomic E-state index is 13.8. The van der Waals surface area contributed by atoms with Crippen molar-refractivity contribution in [3.63, 3.8) is 0 Å². The smallest absolute Gasteiger partial charge is 0.252 e. The Hall–Kier alpha value is -2.44. The lowest BCUT2D eigenvalue weighted by atomic mass is 9.89. The molecule has 2 aromatic rings. The molecule has 0 spiro atoms. The molecule has 1 N–H and O–H groups in total. The van der Waals surface area contributed by atoms with Gasteiger partial charge < -0.3 is 19.7 Å². The highest BCUT2D eigenvalue weighted by Crippen LogP contribution is 2.33. The van der Waals surface area contributed by atoms with E-state index in [0.717, 1.165) is 49.5 Å². The number of benzene rings is 2. The zero-order valence-corrected chi connectivity index (χ0v) is 19.7. The van der Waals surface area contributed by atoms with Crippen molar-refractivity contribution in [1.82, 2.24) is 10.2 Å². The van der Waals surface area contributed by atoms with Crippen molar-refractivity contribution in [2.75, 3.05) is 39.9 Å². The first-order chi connectivity index (χ1) is 16.0. The van der Waals surface area contributed by atoms with E-state index in [1.54, 1.807) is 13.2 Å². The third-order valence-corrected chi connectivity index (χ3v) is 7.02. The third-order valence-electron chi connectivity index (χ3n) is 7.02. The van der Waals surface area contributed by atoms with Crippen molar-refractivity contribution in [3.8, 4) is 16.9 Å². The van der Waals surface area contributed by atoms with E-state index < -0.39 is 5.60 Å². The highest BCUT2D eigenvalue weighted by atomic mass is 19.1. The Morgan fingerprint density at radius 1 is 1.21 bits per heavy atom. The van der Waals surface area contributed by atoms with Gasteiger partial charge in [-0.3, -0.25) is 4.79 Å². The summed E-state index contributed by atoms with van der Waals surface area (Å²) < 4.78 is 25.2. The molecule has 33 heavy (non-hydrogen) atoms. The van der Waals surface area contributed by atoms with Crippen LogP contribution in [0.25, 0.3) is 11.1 Å². The number of carbonyl (C=O) groups excluding carboxylic acids is 1. The van der Waals surface area contributed by atoms with Gasteiger partial charge in [-0.05, 0) is 74.0 Å². The first-order valence-corrected chi connectivity index (χ1v) is 12.1. The fourth-order valence-electron chi connectivity index (χ4n) is 4.91. The lowest BCUT2D eigenvalue weighted by Crippen LogP contribution is -2.50. The molecule has 2 aliphatic heterocycles. The van der Waals surface area contributed by atoms with Gasteiger partial charge >= 0.3 is 0 Å². The van der Waals surface area contributed by atoms with Crippen molar-refractivity contribution >= 4 is 5.91 Å². The molecule has 2 fully saturated rings. The maximum absolute atomic E-state index is 13.8. The number of rotatable bonds is 8. The summed E-state index contributed by atoms with van der Waals surface area (Å²) in [6, 6.07) is 12.4. The Labute approximate surface area is 196 Å². The molecular weight excluding hydrogens is 419 g/mol. The number of hydrogen-bond donors (Lipinski definition) is 1. The van der Waals surface area contributed by atoms with E-state index in [2.05, 4.69) is 17.1 Å². The van der Waals surface area contributed by atoms with Crippen molar-refractivity contribution in [2.45, 2.75) is 44.6 Å². The molecule has 4 rings (SSSR count). The van der Waals surface area contributed by atoms with Crippen molar-refractivity contribution < 1.29 is 18.7 Å². The predicted molar refractivity (Wildman–Crippen MR) is 128 cm³/mol. The minimum absolute atomic E-state index is 0.0127. The Morgan fingerprint density at radius 2 is 1.97 bits per heavy atom. The fraction of sp³-hybridized carbons (Fsp3) is 0.519. The molecule has 0 saturated carbocycles. The first kappa shape index (κ1) is 23.7. The standard InChI is InChI=1S/C27H35FN2O3/c1-20-10-14-30(15-11-20)16-13-29-26(31)27(12-3-17-33-27)19-21-4-6-22(7-5-21)24-18-23(28)8-9-25(24)32-2/h4-9,18,20H,3,10-17,19H2,1-2H3,(H,29,31). The van der Waals surface area contributed by atoms with Crippen LogP contribution in [-0.2, 0) is 16.0 Å². The number of carbonyl (C=O) groups is 1. The number of hydrogen-bond acceptors (Lipinski definition) is 4. The van der Waals surface area contributed by atoms with E-state index in [0.29, 0.717) is 30.9 Å². The number of likely N-dealkylation sites (tertiary alicyclic amines) is 1. The Bertz CT molecular complexity index is 933. The molecule has 178 valence electrons. The summed E-state index contributed by atoms with van der Waals surface area (Å²) in [6.07, 6.45) is 4.60. The molecule has 1 unspecified atom stereocenters. The minimum atomic E-state index is -0.811. The summed E-state index contributed by atoms with van der Waals surface area (Å²) in [5.74, 6) is 1.12. The van der Waals surface area contributed by atoms with Crippen LogP contribution in [0, 0.1) is 11.7 Å². The summed E-state index contributed by atoms with van der Waals surface area (Å²) >= 11 is 0. The van der Waals surface area contributed by atoms with Crippen molar-refractivity contribution in [1.29, 1.82) is 0 Å². The topological polar surface area (TPSA) is 50.8 Å². The van der Waals surface area contributed by atoms with Crippen LogP contribution in [-0.4, -0.2) is 56.3 Å². The van der Waals surface area contributed by atoms with Crippen LogP contribution < -0.4 is 10.1 Å². The number of methoxy groups -OCH3 is 1. The Morgan fingerprint density at radius 3 is 2.64 bits per heavy atom. The number of amides is 1. The van der Waals surface area contributed by atoms with Crippen molar-refractivity contribution in [2.24, 2.45) is 5.92 Å². The van der Waals surface area contributed by atoms with Crippen LogP contribution in [0.4, 0.5) is 4.39 Å². The molecule has 0 bridgehead atoms. The SMILES string of the molecule is COc1ccc(F)cc1-c1ccc(CC2(C(=O)NCCN3CCC(C)CC3)CCCO2)cc1. The summed E-state index contributed by atoms with van der Waals surface area (Å²) in [5.41, 5.74) is 1.79. The third kappa shape index (κ3) is 5.74. The maximum Gasteiger partial charge on any atom is 0.252 e. The van der Waals surface area contributed by atoms with Gasteiger partial charge in [0.25, 0.3) is 5.91 Å². The largest absolute Gasteiger partial charge is 0.496 e. The second kappa shape index (κ2) is 10.7. The van der Waals surface area contributed by atoms with Crippen LogP contribution in [0.15, 0.2) is 42.5 Å². The number of halogens is 1. The summed E-state index contributed by atoms with van der Waals surface area (Å²) in [4.78, 5) is 15.6. The van der Waals surface area contributed by atoms with E-state index in [1.165, 1.54) is 25.0 Å². The van der Waals surface area contributed by atoms with Gasteiger partial charge in [-0.25, -0.2) is 4.39 Å². The molecule has 2 aliphatic rings. The van der Waals surface area contributed by atoms with Gasteiger partial charge in [0.1, 0.15) is 11.6 Å². The lowest BCUT2D eigenvalue weighted by Gasteiger charge is -2.31. The Balaban J connectivity index is 1.39. The Kier molecular flexibility index (Phi) is 7.66. The van der Waals surface area contributed by atoms with E-state index in [9.17, 15) is 9.18 Å². The molecule has 2 saturated heterocycles. The van der Waals surface area contributed by atoms with Gasteiger partial charge in [-0.1, -0.05) is 31.2 Å². The van der Waals surface area contributed by atoms with E-state index >= 15 is 0 Å². The second-order valence-corrected chi connectivity index (χ2v) is 9.44. The van der Waals surface area contributed by atoms with Gasteiger partial charge in [0.15, 0.2) is 5.60 Å². The van der Waals surface area contributed by atoms with Crippen LogP contribution in [0.3, 0.4) is 0 Å². The molecule has 2 heterocycles. The minimum Gasteiger partial charge on any atom is -0.496 e. The lowest BCUT2D eigenvalue weighted by molar-refractivity contribution is -0.141. The fourth-order valence-corrected chi connectivity index (χ4v) is 4.91. The number of nitrogens with zero attached hydrogens (tertiary/aromatic N) is 1. The molecule has 2 aromatic carbocycles. The molecule has 0 aliphatic carbocycles. The molecule has 0 radical (unpaired) electrons. The highest BCUT2D eigenvalue weighted by molar-refractivity contribution is 5.86. The normalized spacial score (nSPS) is 21.8. The van der Waals surface area contributed by atoms with Crippen LogP contribution in [0.5, 0.6) is 5.75 Å². The van der Waals surface area contributed by atoms with Crippen LogP contribution >= 0.6 is 0 Å². The highest BCUT2D eigenvalue weighted by Gasteiger charge is 2.42. The molecule has 1 amide bonds. The zero-order valence-electron chi connectivity index (χ0n) is 19.7. The van der Waals surface area contributed by atoms with E-state index in [4.69, 9.17) is 9.47 Å². The molecule has 6 heteroatoms. The van der Waals surface area contributed by atoms with Crippen LogP contribution in [0.2, 0.25) is 0 Å². The zero-order chi connectivity index (χ0) is 23.3. The molecule has 5 nitrogen and oxygen atoms in total. The molecule has 0 aromatic heterocycles. The average Bonchev–Trinajstić information content (AvgIpc) is 3.30. The number of nitrogens with one attached hydrogen (secondary N) is 1. The number of piperidine rings is 1. The first-order valence-electron chi connectivity index (χ1n) is 12.1. The van der Waals surface area contributed by atoms with Gasteiger partial charge in [-0.15, -0.1) is 0 Å². The van der Waals surface area contributed by atoms with Crippen LogP contribution in [0.1, 0.15) is 38.2 Å². The van der Waals surface area contributed by atoms with Crippen molar-refractivity contribution in [3.05, 3.63) is 53.8 Å². The molecule has 1 atom stereocenters. The second-order valence-electron chi connectivity index (χ2n) is 9.44. The monoisotopic (exact) mass is 454 g/mol. The average molecular weight is 455 g/mol. The van der Waals surface area contributed by atoms with Gasteiger partial charge in [0, 0.05) is 31.7 Å².